The molecule has 1 aromatic rings. The number of carbonyl (C=O) groups excluding carboxylic acids is 1. The second kappa shape index (κ2) is 6.81. The van der Waals surface area contributed by atoms with Crippen LogP contribution in [0.5, 0.6) is 0 Å². The van der Waals surface area contributed by atoms with Crippen LogP contribution >= 0.6 is 22.6 Å². The average Bonchev–Trinajstić information content (AvgIpc) is 2.39. The van der Waals surface area contributed by atoms with Gasteiger partial charge in [0, 0.05) is 15.2 Å². The molecule has 0 saturated heterocycles. The van der Waals surface area contributed by atoms with Crippen molar-refractivity contribution in [2.75, 3.05) is 13.6 Å². The summed E-state index contributed by atoms with van der Waals surface area (Å²) in [5.74, 6) is 0.122. The van der Waals surface area contributed by atoms with Crippen molar-refractivity contribution in [3.63, 3.8) is 0 Å². The van der Waals surface area contributed by atoms with Crippen LogP contribution in [0.3, 0.4) is 0 Å². The predicted molar refractivity (Wildman–Crippen MR) is 84.4 cm³/mol. The van der Waals surface area contributed by atoms with Crippen LogP contribution in [0.2, 0.25) is 0 Å². The molecule has 1 fully saturated rings. The topological polar surface area (TPSA) is 40.5 Å². The fourth-order valence-corrected chi connectivity index (χ4v) is 3.04. The molecule has 104 valence electrons. The van der Waals surface area contributed by atoms with Gasteiger partial charge in [0.25, 0.3) is 0 Å². The van der Waals surface area contributed by atoms with Gasteiger partial charge in [-0.05, 0) is 54.6 Å². The number of benzene rings is 1. The zero-order valence-electron chi connectivity index (χ0n) is 11.2. The lowest BCUT2D eigenvalue weighted by Gasteiger charge is -2.34. The van der Waals surface area contributed by atoms with E-state index in [2.05, 4.69) is 22.6 Å². The van der Waals surface area contributed by atoms with Crippen molar-refractivity contribution < 1.29 is 9.90 Å². The summed E-state index contributed by atoms with van der Waals surface area (Å²) in [5.41, 5.74) is 0.748. The van der Waals surface area contributed by atoms with Gasteiger partial charge in [0.05, 0.1) is 12.6 Å². The molecule has 1 aromatic carbocycles. The highest BCUT2D eigenvalue weighted by atomic mass is 127. The quantitative estimate of drug-likeness (QED) is 0.652. The number of nitrogens with zero attached hydrogens (tertiary/aromatic N) is 1. The molecule has 1 N–H and O–H groups in total. The molecule has 2 rings (SSSR count). The third-order valence-electron chi connectivity index (χ3n) is 3.82. The van der Waals surface area contributed by atoms with E-state index in [9.17, 15) is 9.90 Å². The van der Waals surface area contributed by atoms with Crippen molar-refractivity contribution >= 4 is 28.4 Å². The molecule has 0 bridgehead atoms. The molecule has 0 amide bonds. The average molecular weight is 373 g/mol. The van der Waals surface area contributed by atoms with E-state index in [0.717, 1.165) is 34.8 Å². The summed E-state index contributed by atoms with van der Waals surface area (Å²) in [6, 6.07) is 7.76. The van der Waals surface area contributed by atoms with Crippen LogP contribution < -0.4 is 0 Å². The van der Waals surface area contributed by atoms with Gasteiger partial charge in [-0.15, -0.1) is 0 Å². The lowest BCUT2D eigenvalue weighted by atomic mass is 9.91. The van der Waals surface area contributed by atoms with Gasteiger partial charge in [0.2, 0.25) is 0 Å². The molecule has 1 aliphatic carbocycles. The number of Topliss-reactive ketones (excluding diaryl/α,β-unsaturated/α-hetero) is 1. The first kappa shape index (κ1) is 14.9. The van der Waals surface area contributed by atoms with Crippen molar-refractivity contribution in [1.82, 2.24) is 4.90 Å². The van der Waals surface area contributed by atoms with E-state index >= 15 is 0 Å². The maximum Gasteiger partial charge on any atom is 0.176 e. The summed E-state index contributed by atoms with van der Waals surface area (Å²) in [5, 5.41) is 10.0. The third kappa shape index (κ3) is 4.00. The van der Waals surface area contributed by atoms with E-state index in [1.54, 1.807) is 0 Å². The molecule has 2 atom stereocenters. The van der Waals surface area contributed by atoms with Crippen molar-refractivity contribution in [1.29, 1.82) is 0 Å². The second-order valence-corrected chi connectivity index (χ2v) is 6.51. The smallest absolute Gasteiger partial charge is 0.176 e. The molecule has 0 spiro atoms. The first-order valence-corrected chi connectivity index (χ1v) is 7.83. The number of hydrogen-bond acceptors (Lipinski definition) is 3. The first-order valence-electron chi connectivity index (χ1n) is 6.75. The molecule has 0 aromatic heterocycles. The summed E-state index contributed by atoms with van der Waals surface area (Å²) >= 11 is 2.23. The van der Waals surface area contributed by atoms with E-state index in [0.29, 0.717) is 6.54 Å². The number of aliphatic hydroxyl groups excluding tert-OH is 1. The highest BCUT2D eigenvalue weighted by Gasteiger charge is 2.27. The van der Waals surface area contributed by atoms with Crippen molar-refractivity contribution in [3.05, 3.63) is 33.4 Å². The van der Waals surface area contributed by atoms with Crippen molar-refractivity contribution in [2.45, 2.75) is 37.8 Å². The van der Waals surface area contributed by atoms with Gasteiger partial charge in [-0.2, -0.15) is 0 Å². The zero-order valence-corrected chi connectivity index (χ0v) is 13.3. The second-order valence-electron chi connectivity index (χ2n) is 5.26. The van der Waals surface area contributed by atoms with Gasteiger partial charge in [0.1, 0.15) is 0 Å². The summed E-state index contributed by atoms with van der Waals surface area (Å²) in [6.45, 7) is 0.377. The number of halogens is 1. The van der Waals surface area contributed by atoms with Crippen LogP contribution in [0.25, 0.3) is 0 Å². The molecule has 4 heteroatoms. The van der Waals surface area contributed by atoms with E-state index < -0.39 is 0 Å². The summed E-state index contributed by atoms with van der Waals surface area (Å²) in [6.07, 6.45) is 3.79. The van der Waals surface area contributed by atoms with E-state index in [4.69, 9.17) is 0 Å². The predicted octanol–water partition coefficient (Wildman–Crippen LogP) is 2.71. The molecule has 3 nitrogen and oxygen atoms in total. The fourth-order valence-electron chi connectivity index (χ4n) is 2.68. The Morgan fingerprint density at radius 2 is 1.95 bits per heavy atom. The number of hydrogen-bond donors (Lipinski definition) is 1. The first-order chi connectivity index (χ1) is 9.08. The normalized spacial score (nSPS) is 23.6. The molecule has 2 unspecified atom stereocenters. The highest BCUT2D eigenvalue weighted by Crippen LogP contribution is 2.22. The molecule has 0 heterocycles. The van der Waals surface area contributed by atoms with Crippen LogP contribution in [0.15, 0.2) is 24.3 Å². The molecule has 1 saturated carbocycles. The van der Waals surface area contributed by atoms with Crippen molar-refractivity contribution in [2.24, 2.45) is 0 Å². The van der Waals surface area contributed by atoms with Gasteiger partial charge in [-0.3, -0.25) is 9.69 Å². The van der Waals surface area contributed by atoms with Crippen molar-refractivity contribution in [3.8, 4) is 0 Å². The maximum absolute atomic E-state index is 12.2. The Morgan fingerprint density at radius 3 is 2.58 bits per heavy atom. The number of aliphatic hydroxyl groups is 1. The van der Waals surface area contributed by atoms with E-state index in [1.807, 2.05) is 36.2 Å². The van der Waals surface area contributed by atoms with Crippen LogP contribution in [0.1, 0.15) is 36.0 Å². The van der Waals surface area contributed by atoms with Gasteiger partial charge < -0.3 is 5.11 Å². The SMILES string of the molecule is CN(CC(=O)c1ccc(I)cc1)C1CCCCC1O. The van der Waals surface area contributed by atoms with Crippen LogP contribution in [-0.2, 0) is 0 Å². The van der Waals surface area contributed by atoms with Gasteiger partial charge in [-0.1, -0.05) is 25.0 Å². The number of ketones is 1. The Kier molecular flexibility index (Phi) is 5.36. The largest absolute Gasteiger partial charge is 0.391 e. The minimum Gasteiger partial charge on any atom is -0.391 e. The Bertz CT molecular complexity index is 432. The summed E-state index contributed by atoms with van der Waals surface area (Å²) < 4.78 is 1.13. The third-order valence-corrected chi connectivity index (χ3v) is 4.54. The standard InChI is InChI=1S/C15H20INO2/c1-17(13-4-2-3-5-14(13)18)10-15(19)11-6-8-12(16)9-7-11/h6-9,13-14,18H,2-5,10H2,1H3. The summed E-state index contributed by atoms with van der Waals surface area (Å²) in [4.78, 5) is 14.2. The monoisotopic (exact) mass is 373 g/mol. The van der Waals surface area contributed by atoms with Crippen LogP contribution in [0, 0.1) is 3.57 Å². The molecular weight excluding hydrogens is 353 g/mol. The van der Waals surface area contributed by atoms with Crippen LogP contribution in [-0.4, -0.2) is 41.5 Å². The van der Waals surface area contributed by atoms with E-state index in [-0.39, 0.29) is 17.9 Å². The lowest BCUT2D eigenvalue weighted by Crippen LogP contribution is -2.45. The lowest BCUT2D eigenvalue weighted by molar-refractivity contribution is 0.0322. The van der Waals surface area contributed by atoms with E-state index in [1.165, 1.54) is 0 Å². The number of carbonyl (C=O) groups is 1. The van der Waals surface area contributed by atoms with Gasteiger partial charge in [0.15, 0.2) is 5.78 Å². The minimum absolute atomic E-state index is 0.122. The highest BCUT2D eigenvalue weighted by molar-refractivity contribution is 14.1. The molecular formula is C15H20INO2. The Hall–Kier alpha value is -0.460. The number of rotatable bonds is 4. The molecule has 0 radical (unpaired) electrons. The van der Waals surface area contributed by atoms with Crippen LogP contribution in [0.4, 0.5) is 0 Å². The Labute approximate surface area is 128 Å². The molecule has 19 heavy (non-hydrogen) atoms. The Balaban J connectivity index is 1.96. The number of likely N-dealkylation sites (N-methyl/N-ethyl adjacent to an activating group) is 1. The van der Waals surface area contributed by atoms with Gasteiger partial charge >= 0.3 is 0 Å². The zero-order chi connectivity index (χ0) is 13.8. The summed E-state index contributed by atoms with van der Waals surface area (Å²) in [7, 11) is 1.93. The maximum atomic E-state index is 12.2. The fraction of sp³-hybridized carbons (Fsp3) is 0.533. The minimum atomic E-state index is -0.289. The van der Waals surface area contributed by atoms with Gasteiger partial charge in [-0.25, -0.2) is 0 Å². The molecule has 0 aliphatic heterocycles. The Morgan fingerprint density at radius 1 is 1.32 bits per heavy atom. The molecule has 1 aliphatic rings.